The molecule has 0 atom stereocenters. The highest BCUT2D eigenvalue weighted by atomic mass is 79.9. The quantitative estimate of drug-likeness (QED) is 0.306. The summed E-state index contributed by atoms with van der Waals surface area (Å²) in [5, 5.41) is 3.79. The summed E-state index contributed by atoms with van der Waals surface area (Å²) in [5.41, 5.74) is 1.21. The van der Waals surface area contributed by atoms with Crippen molar-refractivity contribution >= 4 is 38.3 Å². The molecule has 0 spiro atoms. The van der Waals surface area contributed by atoms with Crippen molar-refractivity contribution in [2.45, 2.75) is 38.6 Å². The summed E-state index contributed by atoms with van der Waals surface area (Å²) >= 11 is 3.57. The molecule has 35 heavy (non-hydrogen) atoms. The van der Waals surface area contributed by atoms with Crippen molar-refractivity contribution in [1.82, 2.24) is 19.9 Å². The average Bonchev–Trinajstić information content (AvgIpc) is 2.88. The molecule has 4 aromatic rings. The number of nitrogens with one attached hydrogen (secondary N) is 2. The molecule has 2 N–H and O–H groups in total. The van der Waals surface area contributed by atoms with Gasteiger partial charge in [0.2, 0.25) is 0 Å². The van der Waals surface area contributed by atoms with Gasteiger partial charge in [0, 0.05) is 23.8 Å². The Labute approximate surface area is 212 Å². The molecule has 0 amide bonds. The maximum Gasteiger partial charge on any atom is 0.261 e. The summed E-state index contributed by atoms with van der Waals surface area (Å²) < 4.78 is 6.63. The summed E-state index contributed by atoms with van der Waals surface area (Å²) in [6.45, 7) is 6.50. The summed E-state index contributed by atoms with van der Waals surface area (Å²) in [6, 6.07) is 17.8. The number of rotatable bonds is 6. The van der Waals surface area contributed by atoms with Crippen LogP contribution in [-0.2, 0) is 0 Å². The molecular formula is C27H28BrN5O2. The monoisotopic (exact) mass is 533 g/mol. The molecule has 5 rings (SSSR count). The number of likely N-dealkylation sites (tertiary alicyclic amines) is 1. The zero-order chi connectivity index (χ0) is 24.4. The van der Waals surface area contributed by atoms with E-state index >= 15 is 0 Å². The molecule has 2 aromatic heterocycles. The number of fused-ring (bicyclic) bond motifs is 1. The van der Waals surface area contributed by atoms with E-state index in [0.29, 0.717) is 22.8 Å². The lowest BCUT2D eigenvalue weighted by molar-refractivity contribution is 0.169. The van der Waals surface area contributed by atoms with E-state index in [1.54, 1.807) is 6.20 Å². The van der Waals surface area contributed by atoms with Crippen LogP contribution >= 0.6 is 15.9 Å². The largest absolute Gasteiger partial charge is 0.457 e. The van der Waals surface area contributed by atoms with Crippen molar-refractivity contribution in [2.75, 3.05) is 18.4 Å². The molecule has 7 nitrogen and oxygen atoms in total. The second kappa shape index (κ2) is 10.2. The van der Waals surface area contributed by atoms with Crippen molar-refractivity contribution < 1.29 is 4.74 Å². The van der Waals surface area contributed by atoms with Crippen LogP contribution in [0.2, 0.25) is 0 Å². The molecule has 0 aliphatic carbocycles. The maximum absolute atomic E-state index is 12.8. The number of anilines is 2. The second-order valence-corrected chi connectivity index (χ2v) is 9.94. The Kier molecular flexibility index (Phi) is 6.83. The summed E-state index contributed by atoms with van der Waals surface area (Å²) in [7, 11) is 0. The van der Waals surface area contributed by atoms with Crippen LogP contribution in [0.3, 0.4) is 0 Å². The number of benzene rings is 2. The second-order valence-electron chi connectivity index (χ2n) is 9.09. The molecule has 1 fully saturated rings. The highest BCUT2D eigenvalue weighted by Gasteiger charge is 2.26. The van der Waals surface area contributed by atoms with E-state index in [4.69, 9.17) is 14.7 Å². The molecule has 1 saturated heterocycles. The van der Waals surface area contributed by atoms with E-state index in [0.717, 1.165) is 53.4 Å². The Hall–Kier alpha value is -3.23. The third-order valence-electron chi connectivity index (χ3n) is 6.43. The molecule has 0 saturated carbocycles. The molecular weight excluding hydrogens is 506 g/mol. The van der Waals surface area contributed by atoms with Gasteiger partial charge in [-0.05, 0) is 92.1 Å². The van der Waals surface area contributed by atoms with Gasteiger partial charge in [-0.2, -0.15) is 0 Å². The van der Waals surface area contributed by atoms with Crippen LogP contribution < -0.4 is 15.6 Å². The van der Waals surface area contributed by atoms with E-state index in [9.17, 15) is 4.79 Å². The van der Waals surface area contributed by atoms with Crippen LogP contribution in [-0.4, -0.2) is 39.0 Å². The van der Waals surface area contributed by atoms with Crippen molar-refractivity contribution in [2.24, 2.45) is 0 Å². The van der Waals surface area contributed by atoms with E-state index < -0.39 is 0 Å². The summed E-state index contributed by atoms with van der Waals surface area (Å²) in [5.74, 6) is 3.05. The number of aromatic amines is 1. The van der Waals surface area contributed by atoms with Gasteiger partial charge in [-0.3, -0.25) is 4.79 Å². The summed E-state index contributed by atoms with van der Waals surface area (Å²) in [4.78, 5) is 27.7. The minimum atomic E-state index is -0.226. The van der Waals surface area contributed by atoms with Crippen molar-refractivity contribution in [1.29, 1.82) is 0 Å². The number of H-pyrrole nitrogens is 1. The van der Waals surface area contributed by atoms with Gasteiger partial charge in [-0.15, -0.1) is 0 Å². The topological polar surface area (TPSA) is 83.1 Å². The van der Waals surface area contributed by atoms with Crippen LogP contribution in [0.5, 0.6) is 11.5 Å². The lowest BCUT2D eigenvalue weighted by Crippen LogP contribution is -2.38. The van der Waals surface area contributed by atoms with E-state index in [1.165, 1.54) is 0 Å². The number of hydrogen-bond acceptors (Lipinski definition) is 6. The predicted molar refractivity (Wildman–Crippen MR) is 143 cm³/mol. The van der Waals surface area contributed by atoms with Gasteiger partial charge in [0.05, 0.1) is 9.99 Å². The van der Waals surface area contributed by atoms with E-state index in [-0.39, 0.29) is 11.5 Å². The Bertz CT molecular complexity index is 1360. The normalized spacial score (nSPS) is 15.0. The van der Waals surface area contributed by atoms with Gasteiger partial charge in [-0.1, -0.05) is 18.2 Å². The highest BCUT2D eigenvalue weighted by Crippen LogP contribution is 2.32. The molecule has 0 bridgehead atoms. The van der Waals surface area contributed by atoms with Gasteiger partial charge < -0.3 is 19.9 Å². The highest BCUT2D eigenvalue weighted by molar-refractivity contribution is 9.10. The fraction of sp³-hybridized carbons (Fsp3) is 0.296. The number of ether oxygens (including phenoxy) is 1. The predicted octanol–water partition coefficient (Wildman–Crippen LogP) is 6.20. The van der Waals surface area contributed by atoms with Crippen LogP contribution in [0.4, 0.5) is 11.5 Å². The zero-order valence-corrected chi connectivity index (χ0v) is 21.4. The Morgan fingerprint density at radius 1 is 1.03 bits per heavy atom. The third kappa shape index (κ3) is 5.23. The zero-order valence-electron chi connectivity index (χ0n) is 19.8. The van der Waals surface area contributed by atoms with Gasteiger partial charge in [0.15, 0.2) is 0 Å². The van der Waals surface area contributed by atoms with Crippen LogP contribution in [0.1, 0.15) is 38.4 Å². The number of pyridine rings is 1. The SMILES string of the molecule is CC(C)N1CCC(c2nc(Nc3ccc(Oc4ccccc4)cc3)c3c(=O)[nH]cc(Br)c3n2)CC1. The average molecular weight is 534 g/mol. The number of piperidine rings is 1. The minimum Gasteiger partial charge on any atom is -0.457 e. The van der Waals surface area contributed by atoms with Gasteiger partial charge in [0.1, 0.15) is 28.5 Å². The van der Waals surface area contributed by atoms with Crippen LogP contribution in [0.25, 0.3) is 10.9 Å². The molecule has 1 aliphatic heterocycles. The van der Waals surface area contributed by atoms with E-state index in [2.05, 4.69) is 45.0 Å². The number of para-hydroxylation sites is 1. The number of aromatic nitrogens is 3. The fourth-order valence-corrected chi connectivity index (χ4v) is 4.85. The Balaban J connectivity index is 1.45. The van der Waals surface area contributed by atoms with Crippen molar-refractivity contribution in [3.8, 4) is 11.5 Å². The first-order valence-corrected chi connectivity index (χ1v) is 12.7. The van der Waals surface area contributed by atoms with Crippen LogP contribution in [0.15, 0.2) is 70.1 Å². The van der Waals surface area contributed by atoms with Crippen molar-refractivity contribution in [3.63, 3.8) is 0 Å². The molecule has 8 heteroatoms. The van der Waals surface area contributed by atoms with Gasteiger partial charge >= 0.3 is 0 Å². The van der Waals surface area contributed by atoms with Crippen molar-refractivity contribution in [3.05, 3.63) is 81.4 Å². The number of nitrogens with zero attached hydrogens (tertiary/aromatic N) is 3. The maximum atomic E-state index is 12.8. The number of hydrogen-bond donors (Lipinski definition) is 2. The Morgan fingerprint density at radius 3 is 2.40 bits per heavy atom. The molecule has 0 radical (unpaired) electrons. The Morgan fingerprint density at radius 2 is 1.71 bits per heavy atom. The molecule has 2 aromatic carbocycles. The molecule has 1 aliphatic rings. The fourth-order valence-electron chi connectivity index (χ4n) is 4.45. The minimum absolute atomic E-state index is 0.226. The first-order valence-electron chi connectivity index (χ1n) is 11.9. The molecule has 180 valence electrons. The standard InChI is InChI=1S/C27H28BrN5O2/c1-17(2)33-14-12-18(13-15-33)25-31-24-22(28)16-29-27(34)23(24)26(32-25)30-19-8-10-21(11-9-19)35-20-6-4-3-5-7-20/h3-11,16-18H,12-15H2,1-2H3,(H,29,34)(H,30,31,32). The first-order chi connectivity index (χ1) is 17.0. The molecule has 0 unspecified atom stereocenters. The number of halogens is 1. The van der Waals surface area contributed by atoms with Crippen LogP contribution in [0, 0.1) is 0 Å². The van der Waals surface area contributed by atoms with Gasteiger partial charge in [0.25, 0.3) is 5.56 Å². The lowest BCUT2D eigenvalue weighted by atomic mass is 9.95. The van der Waals surface area contributed by atoms with Gasteiger partial charge in [-0.25, -0.2) is 9.97 Å². The summed E-state index contributed by atoms with van der Waals surface area (Å²) in [6.07, 6.45) is 3.63. The smallest absolute Gasteiger partial charge is 0.261 e. The first kappa shape index (κ1) is 23.5. The lowest BCUT2D eigenvalue weighted by Gasteiger charge is -2.34. The molecule has 3 heterocycles. The third-order valence-corrected chi connectivity index (χ3v) is 7.04. The van der Waals surface area contributed by atoms with E-state index in [1.807, 2.05) is 54.6 Å².